The molecule has 5 nitrogen and oxygen atoms in total. The van der Waals surface area contributed by atoms with Crippen LogP contribution in [0.3, 0.4) is 0 Å². The second-order valence-corrected chi connectivity index (χ2v) is 8.00. The molecule has 27 heavy (non-hydrogen) atoms. The van der Waals surface area contributed by atoms with Gasteiger partial charge < -0.3 is 4.90 Å². The highest BCUT2D eigenvalue weighted by atomic mass is 31.0. The second kappa shape index (κ2) is 10.8. The van der Waals surface area contributed by atoms with Crippen LogP contribution in [0.25, 0.3) is 0 Å². The highest BCUT2D eigenvalue weighted by molar-refractivity contribution is 7.28. The fourth-order valence-electron chi connectivity index (χ4n) is 3.91. The van der Waals surface area contributed by atoms with Crippen molar-refractivity contribution in [2.24, 2.45) is 0 Å². The molecule has 2 rings (SSSR count). The van der Waals surface area contributed by atoms with E-state index in [0.717, 1.165) is 36.8 Å². The summed E-state index contributed by atoms with van der Waals surface area (Å²) in [7, 11) is 2.82. The Balaban J connectivity index is 2.06. The van der Waals surface area contributed by atoms with Gasteiger partial charge in [0.1, 0.15) is 0 Å². The maximum atomic E-state index is 12.2. The minimum absolute atomic E-state index is 0.220. The topological polar surface area (TPSA) is 52.7 Å². The van der Waals surface area contributed by atoms with E-state index in [4.69, 9.17) is 0 Å². The molecular weight excluding hydrogens is 357 g/mol. The molecule has 6 heteroatoms. The molecule has 150 valence electrons. The number of amides is 2. The van der Waals surface area contributed by atoms with Gasteiger partial charge in [0.25, 0.3) is 0 Å². The minimum Gasteiger partial charge on any atom is -0.368 e. The quantitative estimate of drug-likeness (QED) is 0.465. The maximum Gasteiger partial charge on any atom is 0.233 e. The number of nitrogens with one attached hydrogen (secondary N) is 1. The highest BCUT2D eigenvalue weighted by Gasteiger charge is 2.32. The van der Waals surface area contributed by atoms with Crippen LogP contribution in [0.2, 0.25) is 0 Å². The first kappa shape index (κ1) is 21.8. The molecule has 1 fully saturated rings. The number of anilines is 1. The number of benzene rings is 1. The number of rotatable bonds is 11. The summed E-state index contributed by atoms with van der Waals surface area (Å²) in [6.45, 7) is 11.0. The average Bonchev–Trinajstić information content (AvgIpc) is 2.60. The zero-order valence-electron chi connectivity index (χ0n) is 16.9. The van der Waals surface area contributed by atoms with Gasteiger partial charge in [-0.25, -0.2) is 0 Å². The monoisotopic (exact) mass is 391 g/mol. The lowest BCUT2D eigenvalue weighted by atomic mass is 9.93. The molecule has 1 aromatic carbocycles. The van der Waals surface area contributed by atoms with Gasteiger partial charge in [-0.3, -0.25) is 19.8 Å². The Morgan fingerprint density at radius 3 is 2.44 bits per heavy atom. The molecule has 1 heterocycles. The molecule has 0 aliphatic carbocycles. The van der Waals surface area contributed by atoms with Crippen molar-refractivity contribution in [2.45, 2.75) is 58.4 Å². The third-order valence-corrected chi connectivity index (χ3v) is 5.75. The van der Waals surface area contributed by atoms with E-state index >= 15 is 0 Å². The highest BCUT2D eigenvalue weighted by Crippen LogP contribution is 2.28. The van der Waals surface area contributed by atoms with Gasteiger partial charge >= 0.3 is 0 Å². The lowest BCUT2D eigenvalue weighted by Crippen LogP contribution is -2.60. The molecule has 0 aromatic heterocycles. The van der Waals surface area contributed by atoms with Gasteiger partial charge in [0.15, 0.2) is 0 Å². The van der Waals surface area contributed by atoms with Gasteiger partial charge in [0, 0.05) is 24.8 Å². The lowest BCUT2D eigenvalue weighted by molar-refractivity contribution is -0.126. The van der Waals surface area contributed by atoms with Crippen molar-refractivity contribution in [2.75, 3.05) is 31.1 Å². The molecule has 2 atom stereocenters. The first-order valence-corrected chi connectivity index (χ1v) is 10.8. The van der Waals surface area contributed by atoms with Crippen LogP contribution >= 0.6 is 9.24 Å². The largest absolute Gasteiger partial charge is 0.368 e. The van der Waals surface area contributed by atoms with Crippen LogP contribution in [0.1, 0.15) is 57.9 Å². The maximum absolute atomic E-state index is 12.2. The van der Waals surface area contributed by atoms with Gasteiger partial charge in [0.2, 0.25) is 12.3 Å². The Hall–Kier alpha value is -1.45. The van der Waals surface area contributed by atoms with Gasteiger partial charge in [-0.05, 0) is 55.4 Å². The van der Waals surface area contributed by atoms with Crippen LogP contribution in [0.4, 0.5) is 5.69 Å². The van der Waals surface area contributed by atoms with E-state index in [0.29, 0.717) is 12.5 Å². The van der Waals surface area contributed by atoms with Crippen molar-refractivity contribution in [3.8, 4) is 0 Å². The summed E-state index contributed by atoms with van der Waals surface area (Å²) >= 11 is 0. The fraction of sp³-hybridized carbons (Fsp3) is 0.619. The zero-order valence-corrected chi connectivity index (χ0v) is 18.1. The minimum atomic E-state index is -0.276. The van der Waals surface area contributed by atoms with E-state index in [1.54, 1.807) is 0 Å². The van der Waals surface area contributed by atoms with Crippen molar-refractivity contribution in [3.05, 3.63) is 23.8 Å². The molecule has 2 unspecified atom stereocenters. The molecule has 2 amide bonds. The van der Waals surface area contributed by atoms with Crippen molar-refractivity contribution < 1.29 is 9.59 Å². The fourth-order valence-corrected chi connectivity index (χ4v) is 4.38. The summed E-state index contributed by atoms with van der Waals surface area (Å²) in [5, 5.41) is 3.42. The molecule has 0 bridgehead atoms. The van der Waals surface area contributed by atoms with E-state index in [-0.39, 0.29) is 11.8 Å². The molecule has 1 aromatic rings. The van der Waals surface area contributed by atoms with Crippen LogP contribution in [0.15, 0.2) is 18.2 Å². The van der Waals surface area contributed by atoms with Crippen LogP contribution in [-0.2, 0) is 9.59 Å². The van der Waals surface area contributed by atoms with Gasteiger partial charge in [-0.15, -0.1) is 9.24 Å². The second-order valence-electron chi connectivity index (χ2n) is 7.38. The molecule has 1 aliphatic rings. The normalized spacial score (nSPS) is 15.5. The number of hydrogen-bond acceptors (Lipinski definition) is 4. The third-order valence-electron chi connectivity index (χ3n) is 5.29. The summed E-state index contributed by atoms with van der Waals surface area (Å²) in [6, 6.07) is 6.87. The first-order chi connectivity index (χ1) is 13.0. The van der Waals surface area contributed by atoms with Crippen molar-refractivity contribution in [3.63, 3.8) is 0 Å². The zero-order chi connectivity index (χ0) is 19.8. The van der Waals surface area contributed by atoms with Crippen molar-refractivity contribution in [1.82, 2.24) is 10.2 Å². The Kier molecular flexibility index (Phi) is 8.72. The summed E-state index contributed by atoms with van der Waals surface area (Å²) in [5.41, 5.74) is 2.19. The van der Waals surface area contributed by atoms with Gasteiger partial charge in [-0.1, -0.05) is 33.3 Å². The first-order valence-electron chi connectivity index (χ1n) is 10.2. The van der Waals surface area contributed by atoms with Crippen LogP contribution < -0.4 is 15.5 Å². The van der Waals surface area contributed by atoms with Crippen molar-refractivity contribution >= 4 is 32.5 Å². The predicted octanol–water partition coefficient (Wildman–Crippen LogP) is 2.65. The lowest BCUT2D eigenvalue weighted by Gasteiger charge is -2.47. The smallest absolute Gasteiger partial charge is 0.233 e. The Morgan fingerprint density at radius 2 is 1.93 bits per heavy atom. The Labute approximate surface area is 166 Å². The van der Waals surface area contributed by atoms with E-state index in [1.165, 1.54) is 31.6 Å². The van der Waals surface area contributed by atoms with Gasteiger partial charge in [0.05, 0.1) is 5.92 Å². The van der Waals surface area contributed by atoms with Crippen LogP contribution in [0, 0.1) is 0 Å². The van der Waals surface area contributed by atoms with Crippen LogP contribution in [0.5, 0.6) is 0 Å². The van der Waals surface area contributed by atoms with E-state index in [1.807, 2.05) is 6.07 Å². The SMILES string of the molecule is CCCC(C(=O)NC=O)c1ccc(N2CC(N(CCC)CCC)C2)c(P)c1. The molecule has 1 aliphatic heterocycles. The number of carbonyl (C=O) groups is 2. The molecule has 1 N–H and O–H groups in total. The van der Waals surface area contributed by atoms with Crippen molar-refractivity contribution in [1.29, 1.82) is 0 Å². The van der Waals surface area contributed by atoms with Gasteiger partial charge in [-0.2, -0.15) is 0 Å². The third kappa shape index (κ3) is 5.52. The number of nitrogens with zero attached hydrogens (tertiary/aromatic N) is 2. The summed E-state index contributed by atoms with van der Waals surface area (Å²) < 4.78 is 0. The number of carbonyl (C=O) groups excluding carboxylic acids is 2. The summed E-state index contributed by atoms with van der Waals surface area (Å²) in [6.07, 6.45) is 4.49. The number of hydrogen-bond donors (Lipinski definition) is 1. The molecule has 0 radical (unpaired) electrons. The van der Waals surface area contributed by atoms with E-state index in [2.05, 4.69) is 57.3 Å². The van der Waals surface area contributed by atoms with E-state index < -0.39 is 0 Å². The molecule has 1 saturated heterocycles. The summed E-state index contributed by atoms with van der Waals surface area (Å²) in [5.74, 6) is -0.495. The summed E-state index contributed by atoms with van der Waals surface area (Å²) in [4.78, 5) is 27.9. The number of imide groups is 1. The van der Waals surface area contributed by atoms with Crippen LogP contribution in [-0.4, -0.2) is 49.4 Å². The molecule has 0 spiro atoms. The average molecular weight is 391 g/mol. The Morgan fingerprint density at radius 1 is 1.26 bits per heavy atom. The molecule has 0 saturated carbocycles. The van der Waals surface area contributed by atoms with E-state index in [9.17, 15) is 9.59 Å². The molecular formula is C21H34N3O2P. The predicted molar refractivity (Wildman–Crippen MR) is 116 cm³/mol. The Bertz CT molecular complexity index is 626. The standard InChI is InChI=1S/C21H34N3O2P/c1-4-7-18(21(26)22-15-25)16-8-9-19(20(27)12-16)24-13-17(14-24)23(10-5-2)11-6-3/h8-9,12,15,17-18H,4-7,10-11,13-14,27H2,1-3H3,(H,22,25,26).